The van der Waals surface area contributed by atoms with Gasteiger partial charge in [0, 0.05) is 0 Å². The SMILES string of the molecule is CC(C)[O][In][O]C(C)C.COC(=O)CC(C)=O. The fraction of sp³-hybridized carbons (Fsp3) is 0.818. The Balaban J connectivity index is 0. The van der Waals surface area contributed by atoms with E-state index in [2.05, 4.69) is 4.74 Å². The molecule has 99 valence electrons. The van der Waals surface area contributed by atoms with E-state index in [1.54, 1.807) is 0 Å². The molecule has 0 aliphatic rings. The number of ketones is 1. The van der Waals surface area contributed by atoms with Crippen molar-refractivity contribution in [2.24, 2.45) is 0 Å². The summed E-state index contributed by atoms with van der Waals surface area (Å²) in [4.78, 5) is 20.3. The molecule has 0 bridgehead atoms. The van der Waals surface area contributed by atoms with Crippen molar-refractivity contribution in [2.75, 3.05) is 7.11 Å². The van der Waals surface area contributed by atoms with Crippen LogP contribution < -0.4 is 0 Å². The maximum Gasteiger partial charge on any atom is 0.313 e. The van der Waals surface area contributed by atoms with E-state index in [0.717, 1.165) is 0 Å². The van der Waals surface area contributed by atoms with Crippen molar-refractivity contribution in [2.45, 2.75) is 53.2 Å². The van der Waals surface area contributed by atoms with Crippen molar-refractivity contribution in [3.63, 3.8) is 0 Å². The molecular weight excluding hydrogens is 327 g/mol. The van der Waals surface area contributed by atoms with Crippen LogP contribution in [-0.2, 0) is 20.0 Å². The quantitative estimate of drug-likeness (QED) is 0.537. The van der Waals surface area contributed by atoms with Crippen LogP contribution in [0.15, 0.2) is 0 Å². The van der Waals surface area contributed by atoms with Gasteiger partial charge in [-0.2, -0.15) is 0 Å². The Morgan fingerprint density at radius 3 is 1.65 bits per heavy atom. The molecule has 0 aromatic rings. The standard InChI is InChI=1S/C5H8O3.2C3H7O.In/c1-4(6)3-5(7)8-2;2*1-3(2)4;/h3H2,1-2H3;2*3H,1-2H3;/q;2*-1;+2. The molecule has 0 N–H and O–H groups in total. The van der Waals surface area contributed by atoms with Crippen molar-refractivity contribution < 1.29 is 20.0 Å². The molecule has 1 radical (unpaired) electrons. The van der Waals surface area contributed by atoms with Gasteiger partial charge in [0.05, 0.1) is 7.11 Å². The summed E-state index contributed by atoms with van der Waals surface area (Å²) in [7, 11) is 1.26. The van der Waals surface area contributed by atoms with Gasteiger partial charge < -0.3 is 4.74 Å². The number of rotatable bonds is 6. The average molecular weight is 349 g/mol. The molecule has 0 saturated heterocycles. The predicted octanol–water partition coefficient (Wildman–Crippen LogP) is 1.51. The van der Waals surface area contributed by atoms with Gasteiger partial charge >= 0.3 is 75.4 Å². The van der Waals surface area contributed by atoms with Crippen molar-refractivity contribution in [3.8, 4) is 0 Å². The molecule has 0 fully saturated rings. The van der Waals surface area contributed by atoms with Gasteiger partial charge in [-0.25, -0.2) is 0 Å². The Kier molecular flexibility index (Phi) is 14.0. The van der Waals surface area contributed by atoms with E-state index in [4.69, 9.17) is 5.71 Å². The minimum atomic E-state index is -1.09. The van der Waals surface area contributed by atoms with Crippen molar-refractivity contribution in [1.82, 2.24) is 0 Å². The van der Waals surface area contributed by atoms with Crippen LogP contribution in [0.3, 0.4) is 0 Å². The largest absolute Gasteiger partial charge is 0.469 e. The summed E-state index contributed by atoms with van der Waals surface area (Å²) in [5, 5.41) is 0. The first-order chi connectivity index (χ1) is 7.79. The number of carbonyl (C=O) groups is 2. The third-order valence-corrected chi connectivity index (χ3v) is 5.02. The first-order valence-corrected chi connectivity index (χ1v) is 8.17. The maximum absolute atomic E-state index is 10.2. The Morgan fingerprint density at radius 1 is 1.06 bits per heavy atom. The van der Waals surface area contributed by atoms with E-state index < -0.39 is 29.7 Å². The van der Waals surface area contributed by atoms with Gasteiger partial charge in [0.25, 0.3) is 0 Å². The molecule has 0 unspecified atom stereocenters. The van der Waals surface area contributed by atoms with Crippen molar-refractivity contribution >= 4 is 35.5 Å². The molecule has 0 aromatic carbocycles. The Bertz CT molecular complexity index is 208. The molecule has 0 aliphatic carbocycles. The van der Waals surface area contributed by atoms with Crippen LogP contribution >= 0.6 is 0 Å². The minimum Gasteiger partial charge on any atom is -0.469 e. The first-order valence-electron chi connectivity index (χ1n) is 5.48. The minimum absolute atomic E-state index is 0.115. The zero-order chi connectivity index (χ0) is 13.8. The third-order valence-electron chi connectivity index (χ3n) is 1.28. The van der Waals surface area contributed by atoms with Crippen molar-refractivity contribution in [1.29, 1.82) is 0 Å². The van der Waals surface area contributed by atoms with Gasteiger partial charge in [-0.15, -0.1) is 0 Å². The van der Waals surface area contributed by atoms with Gasteiger partial charge in [-0.3, -0.25) is 9.59 Å². The monoisotopic (exact) mass is 349 g/mol. The maximum atomic E-state index is 10.2. The van der Waals surface area contributed by atoms with Crippen LogP contribution in [0.25, 0.3) is 0 Å². The second kappa shape index (κ2) is 12.4. The van der Waals surface area contributed by atoms with Crippen LogP contribution in [0.5, 0.6) is 0 Å². The zero-order valence-corrected chi connectivity index (χ0v) is 14.8. The fourth-order valence-corrected chi connectivity index (χ4v) is 1.98. The molecule has 0 rings (SSSR count). The summed E-state index contributed by atoms with van der Waals surface area (Å²) >= 11 is -1.09. The summed E-state index contributed by atoms with van der Waals surface area (Å²) in [6.07, 6.45) is 0.589. The molecule has 0 atom stereocenters. The molecule has 6 heteroatoms. The van der Waals surface area contributed by atoms with Crippen LogP contribution in [0.4, 0.5) is 0 Å². The van der Waals surface area contributed by atoms with E-state index in [1.807, 2.05) is 27.7 Å². The number of ether oxygens (including phenoxy) is 1. The topological polar surface area (TPSA) is 61.8 Å². The molecule has 0 spiro atoms. The summed E-state index contributed by atoms with van der Waals surface area (Å²) in [5.74, 6) is -0.644. The Labute approximate surface area is 116 Å². The van der Waals surface area contributed by atoms with Gasteiger partial charge in [0.1, 0.15) is 12.2 Å². The zero-order valence-electron chi connectivity index (χ0n) is 11.5. The van der Waals surface area contributed by atoms with E-state index in [9.17, 15) is 9.59 Å². The van der Waals surface area contributed by atoms with E-state index >= 15 is 0 Å². The first kappa shape index (κ1) is 19.3. The number of hydrogen-bond donors (Lipinski definition) is 0. The van der Waals surface area contributed by atoms with Crippen LogP contribution in [0, 0.1) is 0 Å². The molecule has 0 aromatic heterocycles. The molecule has 5 nitrogen and oxygen atoms in total. The van der Waals surface area contributed by atoms with Gasteiger partial charge in [0.2, 0.25) is 0 Å². The molecule has 17 heavy (non-hydrogen) atoms. The van der Waals surface area contributed by atoms with Gasteiger partial charge in [0.15, 0.2) is 0 Å². The second-order valence-corrected chi connectivity index (χ2v) is 6.02. The fourth-order valence-electron chi connectivity index (χ4n) is 0.530. The number of Topliss-reactive ketones (excluding diaryl/α,β-unsaturated/α-hetero) is 1. The van der Waals surface area contributed by atoms with Crippen LogP contribution in [0.2, 0.25) is 0 Å². The molecule has 0 aliphatic heterocycles. The molecular formula is C11H22InO5. The number of carbonyl (C=O) groups excluding carboxylic acids is 2. The van der Waals surface area contributed by atoms with E-state index in [0.29, 0.717) is 12.2 Å². The predicted molar refractivity (Wildman–Crippen MR) is 65.5 cm³/mol. The number of methoxy groups -OCH3 is 1. The third kappa shape index (κ3) is 21.7. The molecule has 0 amide bonds. The van der Waals surface area contributed by atoms with E-state index in [-0.39, 0.29) is 12.2 Å². The van der Waals surface area contributed by atoms with Crippen molar-refractivity contribution in [3.05, 3.63) is 0 Å². The van der Waals surface area contributed by atoms with Crippen LogP contribution in [0.1, 0.15) is 41.0 Å². The van der Waals surface area contributed by atoms with Gasteiger partial charge in [-0.1, -0.05) is 0 Å². The summed E-state index contributed by atoms with van der Waals surface area (Å²) in [5.41, 5.74) is 0. The normalized spacial score (nSPS) is 9.65. The molecule has 0 saturated carbocycles. The average Bonchev–Trinajstić information content (AvgIpc) is 2.16. The number of esters is 1. The van der Waals surface area contributed by atoms with Crippen LogP contribution in [-0.4, -0.2) is 54.8 Å². The molecule has 0 heterocycles. The Morgan fingerprint density at radius 2 is 1.47 bits per heavy atom. The summed E-state index contributed by atoms with van der Waals surface area (Å²) in [6.45, 7) is 9.49. The second-order valence-electron chi connectivity index (χ2n) is 3.92. The van der Waals surface area contributed by atoms with E-state index in [1.165, 1.54) is 14.0 Å². The number of hydrogen-bond acceptors (Lipinski definition) is 5. The summed E-state index contributed by atoms with van der Waals surface area (Å²) < 4.78 is 14.8. The Hall–Kier alpha value is -0.0699. The summed E-state index contributed by atoms with van der Waals surface area (Å²) in [6, 6.07) is 0. The van der Waals surface area contributed by atoms with Gasteiger partial charge in [-0.05, 0) is 6.92 Å². The smallest absolute Gasteiger partial charge is 0.313 e.